The zero-order chi connectivity index (χ0) is 21.8. The van der Waals surface area contributed by atoms with E-state index in [1.807, 2.05) is 0 Å². The van der Waals surface area contributed by atoms with Gasteiger partial charge in [-0.25, -0.2) is 9.50 Å². The first-order chi connectivity index (χ1) is 14.1. The van der Waals surface area contributed by atoms with Crippen LogP contribution in [0.5, 0.6) is 0 Å². The van der Waals surface area contributed by atoms with E-state index in [0.717, 1.165) is 0 Å². The van der Waals surface area contributed by atoms with Crippen LogP contribution in [0.2, 0.25) is 0 Å². The van der Waals surface area contributed by atoms with Crippen molar-refractivity contribution in [2.45, 2.75) is 57.4 Å². The number of ether oxygens (including phenoxy) is 4. The van der Waals surface area contributed by atoms with Crippen LogP contribution >= 0.6 is 0 Å². The molecule has 2 N–H and O–H groups in total. The number of nitriles is 1. The Hall–Kier alpha value is -2.74. The van der Waals surface area contributed by atoms with Crippen molar-refractivity contribution in [1.82, 2.24) is 14.6 Å². The third kappa shape index (κ3) is 3.02. The highest BCUT2D eigenvalue weighted by Gasteiger charge is 2.65. The Morgan fingerprint density at radius 1 is 1.48 bits per heavy atom. The topological polar surface area (TPSA) is 134 Å². The van der Waals surface area contributed by atoms with E-state index in [1.165, 1.54) is 16.9 Å². The van der Waals surface area contributed by atoms with Crippen molar-refractivity contribution in [2.75, 3.05) is 12.3 Å². The molecule has 2 aliphatic heterocycles. The fourth-order valence-electron chi connectivity index (χ4n) is 3.71. The summed E-state index contributed by atoms with van der Waals surface area (Å²) in [6, 6.07) is 3.70. The normalized spacial score (nSPS) is 30.9. The summed E-state index contributed by atoms with van der Waals surface area (Å²) in [6.07, 6.45) is -1.02. The molecule has 4 atom stereocenters. The first-order valence-corrected chi connectivity index (χ1v) is 9.30. The average Bonchev–Trinajstić information content (AvgIpc) is 3.28. The van der Waals surface area contributed by atoms with Crippen molar-refractivity contribution >= 4 is 17.3 Å². The van der Waals surface area contributed by atoms with Crippen molar-refractivity contribution in [3.8, 4) is 6.07 Å². The molecular weight excluding hydrogens is 378 g/mol. The number of hydrogen-bond donors (Lipinski definition) is 1. The van der Waals surface area contributed by atoms with Gasteiger partial charge in [-0.1, -0.05) is 13.8 Å². The number of nitrogens with zero attached hydrogens (tertiary/aromatic N) is 4. The van der Waals surface area contributed by atoms with E-state index in [2.05, 4.69) is 16.2 Å². The SMILES string of the molecule is [2H]c1cc([C@]2(C#N)O[C@H](COC(=O)C(C)C)[C@H]3OC(C)(C)O[C@H]32)n2ncnc(N)c12. The van der Waals surface area contributed by atoms with Gasteiger partial charge in [0.05, 0.1) is 13.0 Å². The number of carbonyl (C=O) groups excluding carboxylic acids is 1. The molecule has 2 aliphatic rings. The summed E-state index contributed by atoms with van der Waals surface area (Å²) in [7, 11) is 0. The van der Waals surface area contributed by atoms with E-state index in [0.29, 0.717) is 0 Å². The number of nitrogen functional groups attached to an aromatic ring is 1. The second-order valence-electron chi connectivity index (χ2n) is 7.89. The summed E-state index contributed by atoms with van der Waals surface area (Å²) in [5.74, 6) is -1.56. The molecule has 0 radical (unpaired) electrons. The number of nitrogens with two attached hydrogens (primary N) is 1. The smallest absolute Gasteiger partial charge is 0.308 e. The molecule has 0 spiro atoms. The standard InChI is InChI=1S/C19H23N5O5/c1-10(2)17(25)26-7-12-14-15(29-18(3,4)28-14)19(8-20,27-12)13-6-5-11-16(21)22-9-23-24(11)13/h5-6,9-10,12,14-15H,7H2,1-4H3,(H2,21,22,23)/t12-,14-,15-,19+/m1/s1/i5D. The molecule has 10 nitrogen and oxygen atoms in total. The second kappa shape index (κ2) is 6.66. The summed E-state index contributed by atoms with van der Waals surface area (Å²) in [4.78, 5) is 15.9. The Kier molecular flexibility index (Phi) is 4.20. The van der Waals surface area contributed by atoms with Crippen LogP contribution in [-0.2, 0) is 29.3 Å². The Morgan fingerprint density at radius 2 is 2.24 bits per heavy atom. The lowest BCUT2D eigenvalue weighted by molar-refractivity contribution is -0.207. The number of hydrogen-bond acceptors (Lipinski definition) is 9. The minimum absolute atomic E-state index is 0.0470. The summed E-state index contributed by atoms with van der Waals surface area (Å²) < 4.78 is 33.2. The van der Waals surface area contributed by atoms with Crippen molar-refractivity contribution in [3.63, 3.8) is 0 Å². The molecule has 2 aromatic rings. The van der Waals surface area contributed by atoms with Crippen LogP contribution in [0.4, 0.5) is 5.82 Å². The van der Waals surface area contributed by atoms with Crippen molar-refractivity contribution in [3.05, 3.63) is 24.1 Å². The van der Waals surface area contributed by atoms with Crippen LogP contribution in [-0.4, -0.2) is 51.3 Å². The Morgan fingerprint density at radius 3 is 2.93 bits per heavy atom. The first kappa shape index (κ1) is 18.3. The largest absolute Gasteiger partial charge is 0.463 e. The molecule has 0 amide bonds. The number of aromatic nitrogens is 3. The predicted molar refractivity (Wildman–Crippen MR) is 99.2 cm³/mol. The Labute approximate surface area is 168 Å². The highest BCUT2D eigenvalue weighted by Crippen LogP contribution is 2.49. The van der Waals surface area contributed by atoms with Gasteiger partial charge in [0.15, 0.2) is 11.6 Å². The molecule has 2 saturated heterocycles. The van der Waals surface area contributed by atoms with Gasteiger partial charge in [0.2, 0.25) is 5.60 Å². The van der Waals surface area contributed by atoms with E-state index < -0.39 is 29.7 Å². The number of fused-ring (bicyclic) bond motifs is 2. The van der Waals surface area contributed by atoms with Crippen LogP contribution in [0, 0.1) is 17.2 Å². The van der Waals surface area contributed by atoms with E-state index in [1.54, 1.807) is 27.7 Å². The lowest BCUT2D eigenvalue weighted by Crippen LogP contribution is -2.40. The van der Waals surface area contributed by atoms with Crippen LogP contribution in [0.25, 0.3) is 5.52 Å². The Bertz CT molecular complexity index is 1050. The van der Waals surface area contributed by atoms with Gasteiger partial charge < -0.3 is 24.7 Å². The zero-order valence-electron chi connectivity index (χ0n) is 17.6. The van der Waals surface area contributed by atoms with E-state index >= 15 is 0 Å². The monoisotopic (exact) mass is 402 g/mol. The van der Waals surface area contributed by atoms with Crippen molar-refractivity contribution < 1.29 is 25.1 Å². The number of esters is 1. The predicted octanol–water partition coefficient (Wildman–Crippen LogP) is 1.15. The molecule has 0 saturated carbocycles. The molecule has 0 aliphatic carbocycles. The maximum absolute atomic E-state index is 12.0. The molecular formula is C19H23N5O5. The molecule has 4 rings (SSSR count). The van der Waals surface area contributed by atoms with Gasteiger partial charge in [-0.05, 0) is 26.0 Å². The van der Waals surface area contributed by atoms with Gasteiger partial charge in [0, 0.05) is 0 Å². The third-order valence-corrected chi connectivity index (χ3v) is 5.03. The summed E-state index contributed by atoms with van der Waals surface area (Å²) in [5.41, 5.74) is 4.79. The average molecular weight is 402 g/mol. The van der Waals surface area contributed by atoms with Gasteiger partial charge in [0.25, 0.3) is 0 Å². The van der Waals surface area contributed by atoms with Gasteiger partial charge in [-0.3, -0.25) is 4.79 Å². The first-order valence-electron chi connectivity index (χ1n) is 9.80. The highest BCUT2D eigenvalue weighted by atomic mass is 16.8. The van der Waals surface area contributed by atoms with Crippen molar-refractivity contribution in [1.29, 1.82) is 5.26 Å². The summed E-state index contributed by atoms with van der Waals surface area (Å²) in [5, 5.41) is 14.4. The minimum Gasteiger partial charge on any atom is -0.463 e. The maximum Gasteiger partial charge on any atom is 0.308 e. The van der Waals surface area contributed by atoms with Gasteiger partial charge >= 0.3 is 5.97 Å². The second-order valence-corrected chi connectivity index (χ2v) is 7.89. The molecule has 154 valence electrons. The maximum atomic E-state index is 12.0. The Balaban J connectivity index is 1.79. The zero-order valence-corrected chi connectivity index (χ0v) is 16.6. The number of rotatable bonds is 4. The van der Waals surface area contributed by atoms with Gasteiger partial charge in [0.1, 0.15) is 42.8 Å². The fraction of sp³-hybridized carbons (Fsp3) is 0.579. The molecule has 2 aromatic heterocycles. The highest BCUT2D eigenvalue weighted by molar-refractivity contribution is 5.71. The van der Waals surface area contributed by atoms with Crippen LogP contribution < -0.4 is 5.73 Å². The summed E-state index contributed by atoms with van der Waals surface area (Å²) in [6.45, 7) is 6.82. The number of carbonyl (C=O) groups is 1. The van der Waals surface area contributed by atoms with Gasteiger partial charge in [-0.15, -0.1) is 0 Å². The molecule has 0 aromatic carbocycles. The molecule has 0 bridgehead atoms. The van der Waals surface area contributed by atoms with Gasteiger partial charge in [-0.2, -0.15) is 10.4 Å². The number of anilines is 1. The summed E-state index contributed by atoms with van der Waals surface area (Å²) >= 11 is 0. The molecule has 29 heavy (non-hydrogen) atoms. The molecule has 0 unspecified atom stereocenters. The van der Waals surface area contributed by atoms with Crippen LogP contribution in [0.1, 0.15) is 34.8 Å². The van der Waals surface area contributed by atoms with Crippen LogP contribution in [0.15, 0.2) is 18.4 Å². The quantitative estimate of drug-likeness (QED) is 0.747. The third-order valence-electron chi connectivity index (χ3n) is 5.03. The van der Waals surface area contributed by atoms with E-state index in [4.69, 9.17) is 26.1 Å². The fourth-order valence-corrected chi connectivity index (χ4v) is 3.71. The van der Waals surface area contributed by atoms with E-state index in [-0.39, 0.29) is 41.6 Å². The molecule has 2 fully saturated rings. The van der Waals surface area contributed by atoms with E-state index in [9.17, 15) is 10.1 Å². The van der Waals surface area contributed by atoms with Crippen molar-refractivity contribution in [2.24, 2.45) is 5.92 Å². The minimum atomic E-state index is -1.66. The molecule has 10 heteroatoms. The van der Waals surface area contributed by atoms with Crippen LogP contribution in [0.3, 0.4) is 0 Å². The lowest BCUT2D eigenvalue weighted by Gasteiger charge is -2.29. The molecule has 4 heterocycles. The lowest BCUT2D eigenvalue weighted by atomic mass is 9.92.